The molecular formula is C15H27FO3. The quantitative estimate of drug-likeness (QED) is 0.732. The maximum absolute atomic E-state index is 12.1. The van der Waals surface area contributed by atoms with E-state index in [-0.39, 0.29) is 6.10 Å². The second-order valence-corrected chi connectivity index (χ2v) is 6.37. The molecule has 0 aromatic heterocycles. The van der Waals surface area contributed by atoms with Crippen LogP contribution in [0, 0.1) is 0 Å². The van der Waals surface area contributed by atoms with Crippen LogP contribution in [-0.4, -0.2) is 40.3 Å². The molecule has 1 aliphatic heterocycles. The van der Waals surface area contributed by atoms with Crippen LogP contribution in [0.2, 0.25) is 0 Å². The second-order valence-electron chi connectivity index (χ2n) is 6.37. The van der Waals surface area contributed by atoms with Gasteiger partial charge >= 0.3 is 0 Å². The SMILES string of the molecule is C/C(=C\CF)CC[C@H](O)[C@@]1(C)CC[C@H](C(C)(C)O)O1. The Balaban J connectivity index is 2.53. The van der Waals surface area contributed by atoms with Gasteiger partial charge in [0.05, 0.1) is 23.4 Å². The molecule has 0 spiro atoms. The molecule has 2 N–H and O–H groups in total. The zero-order valence-corrected chi connectivity index (χ0v) is 12.4. The van der Waals surface area contributed by atoms with Crippen LogP contribution in [-0.2, 0) is 4.74 Å². The van der Waals surface area contributed by atoms with Gasteiger partial charge in [-0.25, -0.2) is 4.39 Å². The molecule has 0 aromatic rings. The van der Waals surface area contributed by atoms with Crippen LogP contribution in [0.3, 0.4) is 0 Å². The first-order valence-electron chi connectivity index (χ1n) is 6.99. The Morgan fingerprint density at radius 1 is 1.58 bits per heavy atom. The Bertz CT molecular complexity index is 322. The van der Waals surface area contributed by atoms with Gasteiger partial charge in [0.2, 0.25) is 0 Å². The molecule has 0 amide bonds. The standard InChI is InChI=1S/C15H27FO3/c1-11(8-10-16)5-6-12(17)15(4)9-7-13(19-15)14(2,3)18/h8,12-13,17-18H,5-7,9-10H2,1-4H3/b11-8+/t12-,13+,15+/m0/s1. The summed E-state index contributed by atoms with van der Waals surface area (Å²) < 4.78 is 18.0. The highest BCUT2D eigenvalue weighted by Crippen LogP contribution is 2.38. The van der Waals surface area contributed by atoms with Crippen LogP contribution in [0.1, 0.15) is 53.4 Å². The van der Waals surface area contributed by atoms with Gasteiger partial charge in [0.25, 0.3) is 0 Å². The number of allylic oxidation sites excluding steroid dienone is 2. The van der Waals surface area contributed by atoms with Crippen molar-refractivity contribution in [3.63, 3.8) is 0 Å². The lowest BCUT2D eigenvalue weighted by Gasteiger charge is -2.33. The molecule has 3 nitrogen and oxygen atoms in total. The molecule has 0 radical (unpaired) electrons. The van der Waals surface area contributed by atoms with Crippen molar-refractivity contribution in [2.75, 3.05) is 6.67 Å². The summed E-state index contributed by atoms with van der Waals surface area (Å²) in [5, 5.41) is 20.2. The number of alkyl halides is 1. The van der Waals surface area contributed by atoms with Gasteiger partial charge < -0.3 is 14.9 Å². The highest BCUT2D eigenvalue weighted by Gasteiger charge is 2.46. The molecule has 1 fully saturated rings. The minimum atomic E-state index is -0.887. The molecule has 1 aliphatic rings. The number of rotatable bonds is 6. The Labute approximate surface area is 115 Å². The largest absolute Gasteiger partial charge is 0.390 e. The molecule has 0 bridgehead atoms. The van der Waals surface area contributed by atoms with Crippen LogP contribution in [0.4, 0.5) is 4.39 Å². The lowest BCUT2D eigenvalue weighted by molar-refractivity contribution is -0.153. The van der Waals surface area contributed by atoms with E-state index in [1.165, 1.54) is 6.08 Å². The van der Waals surface area contributed by atoms with E-state index in [1.54, 1.807) is 13.8 Å². The first kappa shape index (κ1) is 16.6. The first-order valence-corrected chi connectivity index (χ1v) is 6.99. The zero-order chi connectivity index (χ0) is 14.7. The lowest BCUT2D eigenvalue weighted by Crippen LogP contribution is -2.43. The van der Waals surface area contributed by atoms with E-state index in [2.05, 4.69) is 0 Å². The fourth-order valence-electron chi connectivity index (χ4n) is 2.51. The minimum absolute atomic E-state index is 0.241. The third-order valence-electron chi connectivity index (χ3n) is 4.04. The molecule has 0 unspecified atom stereocenters. The average Bonchev–Trinajstić information content (AvgIpc) is 2.70. The monoisotopic (exact) mass is 274 g/mol. The lowest BCUT2D eigenvalue weighted by atomic mass is 9.90. The fourth-order valence-corrected chi connectivity index (χ4v) is 2.51. The maximum Gasteiger partial charge on any atom is 0.108 e. The third kappa shape index (κ3) is 4.55. The number of aliphatic hydroxyl groups is 2. The first-order chi connectivity index (χ1) is 8.69. The van der Waals surface area contributed by atoms with E-state index in [1.807, 2.05) is 13.8 Å². The normalized spacial score (nSPS) is 30.7. The highest BCUT2D eigenvalue weighted by atomic mass is 19.1. The van der Waals surface area contributed by atoms with Crippen LogP contribution in [0.15, 0.2) is 11.6 Å². The van der Waals surface area contributed by atoms with Gasteiger partial charge in [-0.2, -0.15) is 0 Å². The molecule has 0 aromatic carbocycles. The third-order valence-corrected chi connectivity index (χ3v) is 4.04. The van der Waals surface area contributed by atoms with Gasteiger partial charge in [0.1, 0.15) is 6.67 Å². The molecular weight excluding hydrogens is 247 g/mol. The van der Waals surface area contributed by atoms with Crippen molar-refractivity contribution in [1.82, 2.24) is 0 Å². The number of aliphatic hydroxyl groups excluding tert-OH is 1. The van der Waals surface area contributed by atoms with Crippen LogP contribution < -0.4 is 0 Å². The van der Waals surface area contributed by atoms with Crippen LogP contribution in [0.25, 0.3) is 0 Å². The van der Waals surface area contributed by atoms with Crippen molar-refractivity contribution in [2.45, 2.75) is 76.8 Å². The molecule has 4 heteroatoms. The Morgan fingerprint density at radius 2 is 2.21 bits per heavy atom. The molecule has 0 aliphatic carbocycles. The van der Waals surface area contributed by atoms with Gasteiger partial charge in [0.15, 0.2) is 0 Å². The molecule has 1 saturated heterocycles. The summed E-state index contributed by atoms with van der Waals surface area (Å²) >= 11 is 0. The number of ether oxygens (including phenoxy) is 1. The molecule has 3 atom stereocenters. The number of hydrogen-bond acceptors (Lipinski definition) is 3. The van der Waals surface area contributed by atoms with Crippen LogP contribution in [0.5, 0.6) is 0 Å². The summed E-state index contributed by atoms with van der Waals surface area (Å²) in [5.74, 6) is 0. The Morgan fingerprint density at radius 3 is 2.68 bits per heavy atom. The summed E-state index contributed by atoms with van der Waals surface area (Å²) in [6, 6.07) is 0. The van der Waals surface area contributed by atoms with Gasteiger partial charge in [-0.1, -0.05) is 11.6 Å². The van der Waals surface area contributed by atoms with Crippen molar-refractivity contribution in [1.29, 1.82) is 0 Å². The molecule has 0 saturated carbocycles. The van der Waals surface area contributed by atoms with Crippen molar-refractivity contribution in [2.24, 2.45) is 0 Å². The summed E-state index contributed by atoms with van der Waals surface area (Å²) in [5.41, 5.74) is -0.551. The predicted molar refractivity (Wildman–Crippen MR) is 73.8 cm³/mol. The smallest absolute Gasteiger partial charge is 0.108 e. The Hall–Kier alpha value is -0.450. The van der Waals surface area contributed by atoms with E-state index >= 15 is 0 Å². The van der Waals surface area contributed by atoms with Crippen molar-refractivity contribution < 1.29 is 19.3 Å². The Kier molecular flexibility index (Phi) is 5.53. The number of hydrogen-bond donors (Lipinski definition) is 2. The number of halogens is 1. The summed E-state index contributed by atoms with van der Waals surface area (Å²) in [7, 11) is 0. The molecule has 1 rings (SSSR count). The van der Waals surface area contributed by atoms with E-state index in [4.69, 9.17) is 4.74 Å². The van der Waals surface area contributed by atoms with Gasteiger partial charge in [-0.3, -0.25) is 0 Å². The van der Waals surface area contributed by atoms with Gasteiger partial charge in [-0.05, 0) is 53.4 Å². The fraction of sp³-hybridized carbons (Fsp3) is 0.867. The minimum Gasteiger partial charge on any atom is -0.390 e. The van der Waals surface area contributed by atoms with Gasteiger partial charge in [-0.15, -0.1) is 0 Å². The summed E-state index contributed by atoms with van der Waals surface area (Å²) in [4.78, 5) is 0. The van der Waals surface area contributed by atoms with Crippen LogP contribution >= 0.6 is 0 Å². The summed E-state index contributed by atoms with van der Waals surface area (Å²) in [6.07, 6.45) is 3.39. The highest BCUT2D eigenvalue weighted by molar-refractivity contribution is 5.01. The second kappa shape index (κ2) is 6.33. The van der Waals surface area contributed by atoms with E-state index in [0.29, 0.717) is 12.8 Å². The van der Waals surface area contributed by atoms with E-state index in [0.717, 1.165) is 18.4 Å². The van der Waals surface area contributed by atoms with E-state index < -0.39 is 24.0 Å². The summed E-state index contributed by atoms with van der Waals surface area (Å²) in [6.45, 7) is 6.74. The molecule has 112 valence electrons. The predicted octanol–water partition coefficient (Wildman–Crippen LogP) is 2.75. The van der Waals surface area contributed by atoms with Gasteiger partial charge in [0, 0.05) is 0 Å². The maximum atomic E-state index is 12.1. The zero-order valence-electron chi connectivity index (χ0n) is 12.4. The average molecular weight is 274 g/mol. The van der Waals surface area contributed by atoms with E-state index in [9.17, 15) is 14.6 Å². The van der Waals surface area contributed by atoms with Crippen molar-refractivity contribution in [3.8, 4) is 0 Å². The van der Waals surface area contributed by atoms with Crippen molar-refractivity contribution in [3.05, 3.63) is 11.6 Å². The topological polar surface area (TPSA) is 49.7 Å². The molecule has 1 heterocycles. The van der Waals surface area contributed by atoms with Crippen molar-refractivity contribution >= 4 is 0 Å². The molecule has 19 heavy (non-hydrogen) atoms.